The first-order chi connectivity index (χ1) is 13.4. The lowest BCUT2D eigenvalue weighted by atomic mass is 10.0. The second-order valence-corrected chi connectivity index (χ2v) is 11.0. The fourth-order valence-corrected chi connectivity index (χ4v) is 4.43. The second kappa shape index (κ2) is 9.15. The Morgan fingerprint density at radius 2 is 1.69 bits per heavy atom. The van der Waals surface area contributed by atoms with Crippen molar-refractivity contribution < 1.29 is 21.6 Å². The molecule has 0 spiro atoms. The van der Waals surface area contributed by atoms with Crippen molar-refractivity contribution in [2.24, 2.45) is 0 Å². The first-order valence-corrected chi connectivity index (χ1v) is 12.9. The standard InChI is InChI=1S/C19H23ClN2O5S2/c1-4-18(14-8-10-17(11-9-14)28(2,24)25)21-19(23)13-22(29(3,26)27)16-7-5-6-15(20)12-16/h5-12,18H,4,13H2,1-3H3,(H,21,23). The Labute approximate surface area is 176 Å². The van der Waals surface area contributed by atoms with E-state index in [4.69, 9.17) is 11.6 Å². The predicted molar refractivity (Wildman–Crippen MR) is 114 cm³/mol. The highest BCUT2D eigenvalue weighted by molar-refractivity contribution is 7.92. The van der Waals surface area contributed by atoms with Crippen molar-refractivity contribution in [2.45, 2.75) is 24.3 Å². The molecule has 2 rings (SSSR count). The van der Waals surface area contributed by atoms with Crippen molar-refractivity contribution in [1.29, 1.82) is 0 Å². The normalized spacial score (nSPS) is 13.0. The molecule has 0 aromatic heterocycles. The van der Waals surface area contributed by atoms with Crippen molar-refractivity contribution in [3.63, 3.8) is 0 Å². The maximum atomic E-state index is 12.6. The Kier molecular flexibility index (Phi) is 7.31. The van der Waals surface area contributed by atoms with Crippen LogP contribution in [0.3, 0.4) is 0 Å². The molecule has 0 saturated carbocycles. The summed E-state index contributed by atoms with van der Waals surface area (Å²) in [5.74, 6) is -0.491. The zero-order valence-electron chi connectivity index (χ0n) is 16.3. The lowest BCUT2D eigenvalue weighted by Gasteiger charge is -2.24. The molecule has 0 saturated heterocycles. The molecule has 0 aliphatic carbocycles. The number of anilines is 1. The lowest BCUT2D eigenvalue weighted by Crippen LogP contribution is -2.41. The van der Waals surface area contributed by atoms with Crippen LogP contribution in [0.4, 0.5) is 5.69 Å². The van der Waals surface area contributed by atoms with Gasteiger partial charge >= 0.3 is 0 Å². The van der Waals surface area contributed by atoms with Crippen molar-refractivity contribution >= 4 is 43.1 Å². The highest BCUT2D eigenvalue weighted by atomic mass is 35.5. The van der Waals surface area contributed by atoms with E-state index < -0.39 is 38.4 Å². The van der Waals surface area contributed by atoms with E-state index in [1.807, 2.05) is 6.92 Å². The van der Waals surface area contributed by atoms with E-state index in [1.54, 1.807) is 30.3 Å². The summed E-state index contributed by atoms with van der Waals surface area (Å²) in [5.41, 5.74) is 1.02. The zero-order chi connectivity index (χ0) is 21.8. The topological polar surface area (TPSA) is 101 Å². The van der Waals surface area contributed by atoms with Crippen LogP contribution >= 0.6 is 11.6 Å². The number of nitrogens with zero attached hydrogens (tertiary/aromatic N) is 1. The average Bonchev–Trinajstić information content (AvgIpc) is 2.62. The molecule has 0 aliphatic rings. The van der Waals surface area contributed by atoms with Crippen molar-refractivity contribution in [2.75, 3.05) is 23.4 Å². The van der Waals surface area contributed by atoms with Gasteiger partial charge in [0.1, 0.15) is 6.54 Å². The van der Waals surface area contributed by atoms with Crippen LogP contribution in [0.1, 0.15) is 24.9 Å². The largest absolute Gasteiger partial charge is 0.348 e. The fourth-order valence-electron chi connectivity index (χ4n) is 2.77. The maximum absolute atomic E-state index is 12.6. The molecule has 2 aromatic carbocycles. The molecule has 0 bridgehead atoms. The summed E-state index contributed by atoms with van der Waals surface area (Å²) < 4.78 is 48.5. The average molecular weight is 459 g/mol. The van der Waals surface area contributed by atoms with E-state index in [2.05, 4.69) is 5.32 Å². The highest BCUT2D eigenvalue weighted by Gasteiger charge is 2.23. The molecule has 1 atom stereocenters. The molecule has 1 unspecified atom stereocenters. The molecule has 29 heavy (non-hydrogen) atoms. The number of halogens is 1. The van der Waals surface area contributed by atoms with Gasteiger partial charge < -0.3 is 5.32 Å². The summed E-state index contributed by atoms with van der Waals surface area (Å²) in [7, 11) is -7.02. The fraction of sp³-hybridized carbons (Fsp3) is 0.316. The molecule has 1 amide bonds. The molecule has 0 heterocycles. The third-order valence-corrected chi connectivity index (χ3v) is 6.74. The zero-order valence-corrected chi connectivity index (χ0v) is 18.7. The van der Waals surface area contributed by atoms with E-state index in [-0.39, 0.29) is 4.90 Å². The monoisotopic (exact) mass is 458 g/mol. The number of hydrogen-bond donors (Lipinski definition) is 1. The minimum atomic E-state index is -3.71. The number of carbonyl (C=O) groups is 1. The Morgan fingerprint density at radius 1 is 1.07 bits per heavy atom. The van der Waals surface area contributed by atoms with Gasteiger partial charge in [-0.25, -0.2) is 16.8 Å². The first-order valence-electron chi connectivity index (χ1n) is 8.74. The van der Waals surface area contributed by atoms with E-state index in [0.29, 0.717) is 17.1 Å². The molecule has 1 N–H and O–H groups in total. The maximum Gasteiger partial charge on any atom is 0.241 e. The summed E-state index contributed by atoms with van der Waals surface area (Å²) in [6.07, 6.45) is 2.68. The van der Waals surface area contributed by atoms with Gasteiger partial charge in [-0.2, -0.15) is 0 Å². The second-order valence-electron chi connectivity index (χ2n) is 6.62. The van der Waals surface area contributed by atoms with Crippen LogP contribution in [-0.4, -0.2) is 41.8 Å². The minimum Gasteiger partial charge on any atom is -0.348 e. The molecular weight excluding hydrogens is 436 g/mol. The number of rotatable bonds is 8. The molecule has 0 aliphatic heterocycles. The first kappa shape index (κ1) is 23.2. The summed E-state index contributed by atoms with van der Waals surface area (Å²) in [4.78, 5) is 12.8. The Balaban J connectivity index is 2.19. The Hall–Kier alpha value is -2.10. The van der Waals surface area contributed by atoms with Gasteiger partial charge in [-0.15, -0.1) is 0 Å². The van der Waals surface area contributed by atoms with E-state index in [9.17, 15) is 21.6 Å². The van der Waals surface area contributed by atoms with Crippen LogP contribution in [0.2, 0.25) is 5.02 Å². The number of sulfone groups is 1. The van der Waals surface area contributed by atoms with Crippen LogP contribution < -0.4 is 9.62 Å². The van der Waals surface area contributed by atoms with Crippen molar-refractivity contribution in [3.8, 4) is 0 Å². The lowest BCUT2D eigenvalue weighted by molar-refractivity contribution is -0.120. The van der Waals surface area contributed by atoms with Gasteiger partial charge in [0.2, 0.25) is 15.9 Å². The number of amides is 1. The van der Waals surface area contributed by atoms with E-state index in [0.717, 1.165) is 22.4 Å². The third kappa shape index (κ3) is 6.45. The van der Waals surface area contributed by atoms with Gasteiger partial charge in [-0.3, -0.25) is 9.10 Å². The number of benzene rings is 2. The molecule has 158 valence electrons. The molecule has 0 radical (unpaired) electrons. The number of hydrogen-bond acceptors (Lipinski definition) is 5. The summed E-state index contributed by atoms with van der Waals surface area (Å²) >= 11 is 5.94. The van der Waals surface area contributed by atoms with Crippen LogP contribution in [0.25, 0.3) is 0 Å². The van der Waals surface area contributed by atoms with Gasteiger partial charge in [-0.1, -0.05) is 36.7 Å². The van der Waals surface area contributed by atoms with E-state index in [1.165, 1.54) is 18.2 Å². The van der Waals surface area contributed by atoms with Crippen LogP contribution in [0.5, 0.6) is 0 Å². The van der Waals surface area contributed by atoms with Gasteiger partial charge in [-0.05, 0) is 42.3 Å². The molecule has 2 aromatic rings. The number of carbonyl (C=O) groups excluding carboxylic acids is 1. The molecule has 0 fully saturated rings. The van der Waals surface area contributed by atoms with Crippen LogP contribution in [0.15, 0.2) is 53.4 Å². The molecule has 10 heteroatoms. The summed E-state index contributed by atoms with van der Waals surface area (Å²) in [5, 5.41) is 3.16. The summed E-state index contributed by atoms with van der Waals surface area (Å²) in [6.45, 7) is 1.46. The third-order valence-electron chi connectivity index (χ3n) is 4.24. The Morgan fingerprint density at radius 3 is 2.17 bits per heavy atom. The van der Waals surface area contributed by atoms with Crippen LogP contribution in [0, 0.1) is 0 Å². The van der Waals surface area contributed by atoms with Crippen molar-refractivity contribution in [1.82, 2.24) is 5.32 Å². The Bertz CT molecular complexity index is 1080. The van der Waals surface area contributed by atoms with E-state index >= 15 is 0 Å². The van der Waals surface area contributed by atoms with Gasteiger partial charge in [0.05, 0.1) is 22.9 Å². The quantitative estimate of drug-likeness (QED) is 0.655. The van der Waals surface area contributed by atoms with Crippen molar-refractivity contribution in [3.05, 3.63) is 59.1 Å². The highest BCUT2D eigenvalue weighted by Crippen LogP contribution is 2.23. The predicted octanol–water partition coefficient (Wildman–Crippen LogP) is 2.78. The van der Waals surface area contributed by atoms with Gasteiger partial charge in [0.15, 0.2) is 9.84 Å². The van der Waals surface area contributed by atoms with Gasteiger partial charge in [0.25, 0.3) is 0 Å². The smallest absolute Gasteiger partial charge is 0.241 e. The van der Waals surface area contributed by atoms with Crippen LogP contribution in [-0.2, 0) is 24.7 Å². The SMILES string of the molecule is CCC(NC(=O)CN(c1cccc(Cl)c1)S(C)(=O)=O)c1ccc(S(C)(=O)=O)cc1. The number of nitrogens with one attached hydrogen (secondary N) is 1. The molecular formula is C19H23ClN2O5S2. The minimum absolute atomic E-state index is 0.187. The van der Waals surface area contributed by atoms with Gasteiger partial charge in [0, 0.05) is 11.3 Å². The summed E-state index contributed by atoms with van der Waals surface area (Å²) in [6, 6.07) is 12.1. The molecule has 7 nitrogen and oxygen atoms in total. The number of sulfonamides is 1.